The highest BCUT2D eigenvalue weighted by Gasteiger charge is 2.31. The van der Waals surface area contributed by atoms with Crippen molar-refractivity contribution in [1.82, 2.24) is 20.0 Å². The van der Waals surface area contributed by atoms with Crippen molar-refractivity contribution in [2.75, 3.05) is 62.7 Å². The second kappa shape index (κ2) is 7.48. The largest absolute Gasteiger partial charge is 0.347 e. The second-order valence-corrected chi connectivity index (χ2v) is 8.34. The Morgan fingerprint density at radius 2 is 1.69 bits per heavy atom. The number of aromatic nitrogens is 2. The van der Waals surface area contributed by atoms with Crippen LogP contribution in [0.1, 0.15) is 25.7 Å². The molecule has 4 heterocycles. The Hall–Kier alpha value is -1.74. The summed E-state index contributed by atoms with van der Waals surface area (Å²) in [4.78, 5) is 32.8. The van der Waals surface area contributed by atoms with Crippen LogP contribution in [0.4, 0.5) is 10.3 Å². The molecule has 3 saturated heterocycles. The molecular weight excluding hydrogens is 352 g/mol. The third-order valence-corrected chi connectivity index (χ3v) is 6.64. The number of hydrogen-bond acceptors (Lipinski definition) is 7. The molecule has 0 saturated carbocycles. The van der Waals surface area contributed by atoms with E-state index in [9.17, 15) is 9.59 Å². The van der Waals surface area contributed by atoms with Gasteiger partial charge in [-0.25, -0.2) is 0 Å². The zero-order chi connectivity index (χ0) is 18.1. The predicted octanol–water partition coefficient (Wildman–Crippen LogP) is 0.655. The summed E-state index contributed by atoms with van der Waals surface area (Å²) in [5, 5.41) is 10.1. The summed E-state index contributed by atoms with van der Waals surface area (Å²) in [5.74, 6) is 0.588. The molecule has 0 unspecified atom stereocenters. The number of nitrogens with zero attached hydrogens (tertiary/aromatic N) is 6. The molecule has 0 radical (unpaired) electrons. The molecule has 26 heavy (non-hydrogen) atoms. The summed E-state index contributed by atoms with van der Waals surface area (Å²) in [7, 11) is 2.10. The minimum Gasteiger partial charge on any atom is -0.347 e. The van der Waals surface area contributed by atoms with Gasteiger partial charge >= 0.3 is 0 Å². The van der Waals surface area contributed by atoms with Crippen LogP contribution in [0.3, 0.4) is 0 Å². The maximum Gasteiger partial charge on any atom is 0.228 e. The smallest absolute Gasteiger partial charge is 0.228 e. The molecule has 3 aliphatic rings. The average Bonchev–Trinajstić information content (AvgIpc) is 3.31. The van der Waals surface area contributed by atoms with E-state index in [1.807, 2.05) is 4.90 Å². The Morgan fingerprint density at radius 3 is 2.35 bits per heavy atom. The molecule has 3 fully saturated rings. The van der Waals surface area contributed by atoms with Crippen LogP contribution in [-0.4, -0.2) is 84.7 Å². The summed E-state index contributed by atoms with van der Waals surface area (Å²) >= 11 is 1.49. The summed E-state index contributed by atoms with van der Waals surface area (Å²) in [6.07, 6.45) is 3.23. The molecule has 4 rings (SSSR count). The lowest BCUT2D eigenvalue weighted by molar-refractivity contribution is -0.137. The average molecular weight is 379 g/mol. The number of piperidine rings is 1. The lowest BCUT2D eigenvalue weighted by atomic mass is 9.95. The van der Waals surface area contributed by atoms with Gasteiger partial charge in [-0.05, 0) is 26.3 Å². The maximum atomic E-state index is 12.7. The van der Waals surface area contributed by atoms with Crippen LogP contribution in [0, 0.1) is 5.92 Å². The van der Waals surface area contributed by atoms with Gasteiger partial charge in [0.25, 0.3) is 0 Å². The number of carbonyl (C=O) groups excluding carboxylic acids is 2. The highest BCUT2D eigenvalue weighted by atomic mass is 32.1. The van der Waals surface area contributed by atoms with Gasteiger partial charge in [0.1, 0.15) is 0 Å². The fourth-order valence-corrected chi connectivity index (χ4v) is 4.84. The van der Waals surface area contributed by atoms with E-state index in [1.54, 1.807) is 4.90 Å². The van der Waals surface area contributed by atoms with Crippen molar-refractivity contribution >= 4 is 33.4 Å². The normalized spacial score (nSPS) is 23.1. The van der Waals surface area contributed by atoms with E-state index in [2.05, 4.69) is 27.0 Å². The number of anilines is 2. The maximum absolute atomic E-state index is 12.7. The lowest BCUT2D eigenvalue weighted by Crippen LogP contribution is -2.50. The third-order valence-electron chi connectivity index (χ3n) is 5.64. The lowest BCUT2D eigenvalue weighted by Gasteiger charge is -2.37. The van der Waals surface area contributed by atoms with Gasteiger partial charge in [-0.3, -0.25) is 14.5 Å². The molecule has 9 heteroatoms. The van der Waals surface area contributed by atoms with E-state index in [-0.39, 0.29) is 11.8 Å². The van der Waals surface area contributed by atoms with Crippen molar-refractivity contribution in [2.45, 2.75) is 25.7 Å². The quantitative estimate of drug-likeness (QED) is 0.769. The Morgan fingerprint density at radius 1 is 1.00 bits per heavy atom. The third kappa shape index (κ3) is 3.55. The minimum atomic E-state index is 0.127. The van der Waals surface area contributed by atoms with E-state index < -0.39 is 0 Å². The zero-order valence-electron chi connectivity index (χ0n) is 15.3. The number of carbonyl (C=O) groups is 2. The highest BCUT2D eigenvalue weighted by Crippen LogP contribution is 2.32. The molecule has 2 amide bonds. The molecule has 0 bridgehead atoms. The summed E-state index contributed by atoms with van der Waals surface area (Å²) in [6.45, 7) is 6.02. The van der Waals surface area contributed by atoms with Gasteiger partial charge < -0.3 is 14.7 Å². The standard InChI is InChI=1S/C17H26N6O2S/c1-20-9-11-21(12-10-20)15(25)13-4-7-22(8-5-13)16-18-19-17(26-16)23-6-2-3-14(23)24/h13H,2-12H2,1H3. The minimum absolute atomic E-state index is 0.127. The molecule has 0 atom stereocenters. The fourth-order valence-electron chi connectivity index (χ4n) is 3.90. The van der Waals surface area contributed by atoms with Gasteiger partial charge in [-0.2, -0.15) is 0 Å². The molecule has 8 nitrogen and oxygen atoms in total. The molecule has 142 valence electrons. The van der Waals surface area contributed by atoms with Crippen molar-refractivity contribution in [3.63, 3.8) is 0 Å². The van der Waals surface area contributed by atoms with Crippen molar-refractivity contribution in [2.24, 2.45) is 5.92 Å². The van der Waals surface area contributed by atoms with Crippen LogP contribution in [0.2, 0.25) is 0 Å². The van der Waals surface area contributed by atoms with Crippen LogP contribution in [0.25, 0.3) is 0 Å². The van der Waals surface area contributed by atoms with E-state index >= 15 is 0 Å². The topological polar surface area (TPSA) is 72.9 Å². The number of hydrogen-bond donors (Lipinski definition) is 0. The van der Waals surface area contributed by atoms with Crippen LogP contribution in [0.5, 0.6) is 0 Å². The van der Waals surface area contributed by atoms with Crippen LogP contribution >= 0.6 is 11.3 Å². The van der Waals surface area contributed by atoms with Gasteiger partial charge in [0.2, 0.25) is 22.1 Å². The number of likely N-dealkylation sites (N-methyl/N-ethyl adjacent to an activating group) is 1. The monoisotopic (exact) mass is 378 g/mol. The van der Waals surface area contributed by atoms with E-state index in [1.165, 1.54) is 11.3 Å². The van der Waals surface area contributed by atoms with Crippen molar-refractivity contribution in [1.29, 1.82) is 0 Å². The van der Waals surface area contributed by atoms with Gasteiger partial charge in [0.15, 0.2) is 0 Å². The van der Waals surface area contributed by atoms with Gasteiger partial charge in [-0.1, -0.05) is 11.3 Å². The highest BCUT2D eigenvalue weighted by molar-refractivity contribution is 7.19. The van der Waals surface area contributed by atoms with Crippen molar-refractivity contribution in [3.05, 3.63) is 0 Å². The number of amides is 2. The molecule has 0 N–H and O–H groups in total. The first-order valence-electron chi connectivity index (χ1n) is 9.48. The molecular formula is C17H26N6O2S. The molecule has 0 spiro atoms. The Kier molecular flexibility index (Phi) is 5.08. The van der Waals surface area contributed by atoms with Gasteiger partial charge in [-0.15, -0.1) is 10.2 Å². The van der Waals surface area contributed by atoms with Gasteiger partial charge in [0.05, 0.1) is 0 Å². The van der Waals surface area contributed by atoms with Crippen LogP contribution in [0.15, 0.2) is 0 Å². The Bertz CT molecular complexity index is 664. The zero-order valence-corrected chi connectivity index (χ0v) is 16.1. The van der Waals surface area contributed by atoms with Crippen LogP contribution in [-0.2, 0) is 9.59 Å². The van der Waals surface area contributed by atoms with Crippen molar-refractivity contribution < 1.29 is 9.59 Å². The first kappa shape index (κ1) is 17.7. The second-order valence-electron chi connectivity index (χ2n) is 7.41. The molecule has 3 aliphatic heterocycles. The number of rotatable bonds is 3. The SMILES string of the molecule is CN1CCN(C(=O)C2CCN(c3nnc(N4CCCC4=O)s3)CC2)CC1. The van der Waals surface area contributed by atoms with Gasteiger partial charge in [0, 0.05) is 58.2 Å². The van der Waals surface area contributed by atoms with E-state index in [0.29, 0.717) is 17.5 Å². The molecule has 0 aliphatic carbocycles. The first-order valence-corrected chi connectivity index (χ1v) is 10.3. The summed E-state index contributed by atoms with van der Waals surface area (Å²) in [5.41, 5.74) is 0. The molecule has 1 aromatic heterocycles. The summed E-state index contributed by atoms with van der Waals surface area (Å²) in [6, 6.07) is 0. The van der Waals surface area contributed by atoms with Crippen LogP contribution < -0.4 is 9.80 Å². The van der Waals surface area contributed by atoms with E-state index in [0.717, 1.165) is 70.2 Å². The van der Waals surface area contributed by atoms with Crippen molar-refractivity contribution in [3.8, 4) is 0 Å². The fraction of sp³-hybridized carbons (Fsp3) is 0.765. The summed E-state index contributed by atoms with van der Waals surface area (Å²) < 4.78 is 0. The Balaban J connectivity index is 1.31. The molecule has 1 aromatic rings. The Labute approximate surface area is 157 Å². The number of piperazine rings is 1. The predicted molar refractivity (Wildman–Crippen MR) is 101 cm³/mol. The van der Waals surface area contributed by atoms with E-state index in [4.69, 9.17) is 0 Å². The molecule has 0 aromatic carbocycles. The first-order chi connectivity index (χ1) is 12.6.